The molecular weight excluding hydrogens is 280 g/mol. The highest BCUT2D eigenvalue weighted by Gasteiger charge is 2.22. The highest BCUT2D eigenvalue weighted by molar-refractivity contribution is 9.10. The quantitative estimate of drug-likeness (QED) is 0.835. The SMILES string of the molecule is COC1CCCC(COc2cccc(Br)c2)C1. The highest BCUT2D eigenvalue weighted by atomic mass is 79.9. The molecule has 0 amide bonds. The van der Waals surface area contributed by atoms with Gasteiger partial charge in [-0.1, -0.05) is 28.4 Å². The molecule has 2 unspecified atom stereocenters. The Morgan fingerprint density at radius 3 is 3.00 bits per heavy atom. The molecule has 1 saturated carbocycles. The van der Waals surface area contributed by atoms with E-state index in [0.29, 0.717) is 12.0 Å². The summed E-state index contributed by atoms with van der Waals surface area (Å²) >= 11 is 3.45. The molecule has 1 aromatic carbocycles. The minimum Gasteiger partial charge on any atom is -0.493 e. The molecule has 1 fully saturated rings. The smallest absolute Gasteiger partial charge is 0.120 e. The molecule has 0 heterocycles. The van der Waals surface area contributed by atoms with Crippen LogP contribution in [0.5, 0.6) is 5.75 Å². The third kappa shape index (κ3) is 4.00. The molecular formula is C14H19BrO2. The summed E-state index contributed by atoms with van der Waals surface area (Å²) in [6.45, 7) is 0.802. The zero-order valence-corrected chi connectivity index (χ0v) is 11.8. The first kappa shape index (κ1) is 12.9. The topological polar surface area (TPSA) is 18.5 Å². The maximum atomic E-state index is 5.83. The number of hydrogen-bond acceptors (Lipinski definition) is 2. The normalized spacial score (nSPS) is 24.6. The fourth-order valence-electron chi connectivity index (χ4n) is 2.38. The Hall–Kier alpha value is -0.540. The van der Waals surface area contributed by atoms with Crippen LogP contribution in [0.15, 0.2) is 28.7 Å². The van der Waals surface area contributed by atoms with Gasteiger partial charge in [-0.2, -0.15) is 0 Å². The Labute approximate surface area is 111 Å². The lowest BCUT2D eigenvalue weighted by molar-refractivity contribution is 0.0394. The lowest BCUT2D eigenvalue weighted by Gasteiger charge is -2.28. The minimum atomic E-state index is 0.430. The van der Waals surface area contributed by atoms with Crippen LogP contribution in [0.3, 0.4) is 0 Å². The molecule has 0 spiro atoms. The molecule has 1 aromatic rings. The molecule has 0 aliphatic heterocycles. The molecule has 17 heavy (non-hydrogen) atoms. The van der Waals surface area contributed by atoms with E-state index in [0.717, 1.165) is 23.2 Å². The molecule has 0 radical (unpaired) electrons. The summed E-state index contributed by atoms with van der Waals surface area (Å²) in [4.78, 5) is 0. The van der Waals surface area contributed by atoms with E-state index >= 15 is 0 Å². The van der Waals surface area contributed by atoms with E-state index < -0.39 is 0 Å². The number of benzene rings is 1. The zero-order chi connectivity index (χ0) is 12.1. The summed E-state index contributed by atoms with van der Waals surface area (Å²) in [6, 6.07) is 8.02. The average molecular weight is 299 g/mol. The van der Waals surface area contributed by atoms with E-state index in [2.05, 4.69) is 15.9 Å². The fraction of sp³-hybridized carbons (Fsp3) is 0.571. The van der Waals surface area contributed by atoms with Gasteiger partial charge >= 0.3 is 0 Å². The number of halogens is 1. The first-order valence-corrected chi connectivity index (χ1v) is 6.98. The Bertz CT molecular complexity index is 354. The molecule has 2 nitrogen and oxygen atoms in total. The van der Waals surface area contributed by atoms with Crippen molar-refractivity contribution in [3.8, 4) is 5.75 Å². The lowest BCUT2D eigenvalue weighted by Crippen LogP contribution is -2.25. The number of ether oxygens (including phenoxy) is 2. The summed E-state index contributed by atoms with van der Waals surface area (Å²) in [5, 5.41) is 0. The zero-order valence-electron chi connectivity index (χ0n) is 10.2. The molecule has 0 bridgehead atoms. The lowest BCUT2D eigenvalue weighted by atomic mass is 9.88. The maximum absolute atomic E-state index is 5.83. The summed E-state index contributed by atoms with van der Waals surface area (Å²) in [6.07, 6.45) is 5.27. The standard InChI is InChI=1S/C14H19BrO2/c1-16-13-6-2-4-11(8-13)10-17-14-7-3-5-12(15)9-14/h3,5,7,9,11,13H,2,4,6,8,10H2,1H3. The number of methoxy groups -OCH3 is 1. The molecule has 0 N–H and O–H groups in total. The summed E-state index contributed by atoms with van der Waals surface area (Å²) in [5.41, 5.74) is 0. The van der Waals surface area contributed by atoms with Crippen LogP contribution < -0.4 is 4.74 Å². The van der Waals surface area contributed by atoms with Gasteiger partial charge in [0, 0.05) is 11.6 Å². The van der Waals surface area contributed by atoms with Gasteiger partial charge in [0.15, 0.2) is 0 Å². The molecule has 2 rings (SSSR count). The van der Waals surface area contributed by atoms with Crippen LogP contribution in [-0.4, -0.2) is 19.8 Å². The second-order valence-electron chi connectivity index (χ2n) is 4.66. The van der Waals surface area contributed by atoms with Crippen LogP contribution >= 0.6 is 15.9 Å². The average Bonchev–Trinajstić information content (AvgIpc) is 2.37. The van der Waals surface area contributed by atoms with Crippen LogP contribution in [0.2, 0.25) is 0 Å². The monoisotopic (exact) mass is 298 g/mol. The van der Waals surface area contributed by atoms with E-state index in [1.165, 1.54) is 19.3 Å². The minimum absolute atomic E-state index is 0.430. The first-order chi connectivity index (χ1) is 8.28. The van der Waals surface area contributed by atoms with Gasteiger partial charge in [0.05, 0.1) is 12.7 Å². The maximum Gasteiger partial charge on any atom is 0.120 e. The Kier molecular flexibility index (Phi) is 4.86. The van der Waals surface area contributed by atoms with Crippen molar-refractivity contribution in [2.45, 2.75) is 31.8 Å². The van der Waals surface area contributed by atoms with Crippen LogP contribution in [-0.2, 0) is 4.74 Å². The van der Waals surface area contributed by atoms with Crippen molar-refractivity contribution in [3.05, 3.63) is 28.7 Å². The third-order valence-corrected chi connectivity index (χ3v) is 3.84. The van der Waals surface area contributed by atoms with Crippen LogP contribution in [0.1, 0.15) is 25.7 Å². The Morgan fingerprint density at radius 2 is 2.24 bits per heavy atom. The second-order valence-corrected chi connectivity index (χ2v) is 5.57. The van der Waals surface area contributed by atoms with Crippen molar-refractivity contribution in [3.63, 3.8) is 0 Å². The molecule has 1 aliphatic carbocycles. The highest BCUT2D eigenvalue weighted by Crippen LogP contribution is 2.27. The van der Waals surface area contributed by atoms with Crippen molar-refractivity contribution < 1.29 is 9.47 Å². The number of rotatable bonds is 4. The van der Waals surface area contributed by atoms with Crippen LogP contribution in [0.4, 0.5) is 0 Å². The van der Waals surface area contributed by atoms with Gasteiger partial charge in [0.25, 0.3) is 0 Å². The van der Waals surface area contributed by atoms with E-state index in [4.69, 9.17) is 9.47 Å². The van der Waals surface area contributed by atoms with Gasteiger partial charge in [-0.15, -0.1) is 0 Å². The van der Waals surface area contributed by atoms with Crippen molar-refractivity contribution in [2.75, 3.05) is 13.7 Å². The Morgan fingerprint density at radius 1 is 1.35 bits per heavy atom. The second kappa shape index (κ2) is 6.41. The Balaban J connectivity index is 1.81. The van der Waals surface area contributed by atoms with Gasteiger partial charge < -0.3 is 9.47 Å². The van der Waals surface area contributed by atoms with Crippen molar-refractivity contribution >= 4 is 15.9 Å². The van der Waals surface area contributed by atoms with Gasteiger partial charge in [-0.3, -0.25) is 0 Å². The van der Waals surface area contributed by atoms with E-state index in [-0.39, 0.29) is 0 Å². The summed E-state index contributed by atoms with van der Waals surface area (Å²) in [7, 11) is 1.81. The largest absolute Gasteiger partial charge is 0.493 e. The summed E-state index contributed by atoms with van der Waals surface area (Å²) in [5.74, 6) is 1.58. The molecule has 1 aliphatic rings. The van der Waals surface area contributed by atoms with Crippen molar-refractivity contribution in [2.24, 2.45) is 5.92 Å². The van der Waals surface area contributed by atoms with Gasteiger partial charge in [-0.05, 0) is 43.4 Å². The molecule has 2 atom stereocenters. The summed E-state index contributed by atoms with van der Waals surface area (Å²) < 4.78 is 12.3. The van der Waals surface area contributed by atoms with Gasteiger partial charge in [-0.25, -0.2) is 0 Å². The van der Waals surface area contributed by atoms with Crippen molar-refractivity contribution in [1.29, 1.82) is 0 Å². The predicted octanol–water partition coefficient (Wildman–Crippen LogP) is 4.03. The molecule has 94 valence electrons. The van der Waals surface area contributed by atoms with Crippen molar-refractivity contribution in [1.82, 2.24) is 0 Å². The first-order valence-electron chi connectivity index (χ1n) is 6.19. The van der Waals surface area contributed by atoms with E-state index in [1.807, 2.05) is 31.4 Å². The fourth-order valence-corrected chi connectivity index (χ4v) is 2.76. The predicted molar refractivity (Wildman–Crippen MR) is 72.4 cm³/mol. The molecule has 0 saturated heterocycles. The number of hydrogen-bond donors (Lipinski definition) is 0. The molecule has 0 aromatic heterocycles. The third-order valence-electron chi connectivity index (χ3n) is 3.35. The van der Waals surface area contributed by atoms with E-state index in [9.17, 15) is 0 Å². The van der Waals surface area contributed by atoms with E-state index in [1.54, 1.807) is 0 Å². The van der Waals surface area contributed by atoms with Crippen LogP contribution in [0, 0.1) is 5.92 Å². The van der Waals surface area contributed by atoms with Crippen LogP contribution in [0.25, 0.3) is 0 Å². The molecule has 3 heteroatoms. The van der Waals surface area contributed by atoms with Gasteiger partial charge in [0.1, 0.15) is 5.75 Å². The van der Waals surface area contributed by atoms with Gasteiger partial charge in [0.2, 0.25) is 0 Å².